The molecule has 1 aliphatic heterocycles. The molecule has 4 N–H and O–H groups in total. The van der Waals surface area contributed by atoms with Crippen LogP contribution in [0.4, 0.5) is 0 Å². The summed E-state index contributed by atoms with van der Waals surface area (Å²) in [6.07, 6.45) is 2.65. The van der Waals surface area contributed by atoms with Crippen molar-refractivity contribution < 1.29 is 14.0 Å². The number of rotatable bonds is 12. The molecule has 0 atom stereocenters. The van der Waals surface area contributed by atoms with Gasteiger partial charge in [-0.05, 0) is 87.7 Å². The Labute approximate surface area is 220 Å². The molecule has 2 heterocycles. The molecule has 2 amide bonds. The second-order valence-electron chi connectivity index (χ2n) is 9.47. The molecule has 4 aromatic rings. The first-order valence-electron chi connectivity index (χ1n) is 13.2. The summed E-state index contributed by atoms with van der Waals surface area (Å²) in [7, 11) is 0. The summed E-state index contributed by atoms with van der Waals surface area (Å²) in [5, 5.41) is 8.54. The molecule has 0 unspecified atom stereocenters. The fourth-order valence-electron chi connectivity index (χ4n) is 4.98. The van der Waals surface area contributed by atoms with Crippen LogP contribution < -0.4 is 21.8 Å². The van der Waals surface area contributed by atoms with Crippen molar-refractivity contribution in [1.82, 2.24) is 15.5 Å². The van der Waals surface area contributed by atoms with Crippen molar-refractivity contribution >= 4 is 33.6 Å². The Morgan fingerprint density at radius 2 is 1.37 bits per heavy atom. The summed E-state index contributed by atoms with van der Waals surface area (Å²) in [5.74, 6) is -0.191. The average molecular weight is 513 g/mol. The highest BCUT2D eigenvalue weighted by Gasteiger charge is 2.33. The molecule has 0 fully saturated rings. The highest BCUT2D eigenvalue weighted by atomic mass is 16.3. The SMILES string of the molecule is NCCCNCCCNCCCN1C(=O)c2cccc3c(-c4cc(=O)c5ccccc5o4)ccc(c23)C1=O. The van der Waals surface area contributed by atoms with Gasteiger partial charge in [-0.25, -0.2) is 0 Å². The normalized spacial score (nSPS) is 13.1. The Balaban J connectivity index is 1.31. The van der Waals surface area contributed by atoms with Gasteiger partial charge in [0.05, 0.1) is 5.39 Å². The van der Waals surface area contributed by atoms with Gasteiger partial charge >= 0.3 is 0 Å². The Morgan fingerprint density at radius 3 is 2.16 bits per heavy atom. The van der Waals surface area contributed by atoms with Crippen LogP contribution in [0.5, 0.6) is 0 Å². The van der Waals surface area contributed by atoms with Crippen molar-refractivity contribution in [1.29, 1.82) is 0 Å². The van der Waals surface area contributed by atoms with Crippen LogP contribution in [0, 0.1) is 0 Å². The minimum absolute atomic E-state index is 0.142. The molecule has 1 aliphatic rings. The van der Waals surface area contributed by atoms with E-state index in [1.807, 2.05) is 12.1 Å². The van der Waals surface area contributed by atoms with Crippen LogP contribution in [0.1, 0.15) is 40.0 Å². The van der Waals surface area contributed by atoms with E-state index in [9.17, 15) is 14.4 Å². The summed E-state index contributed by atoms with van der Waals surface area (Å²) in [4.78, 5) is 40.8. The van der Waals surface area contributed by atoms with Crippen molar-refractivity contribution in [3.8, 4) is 11.3 Å². The van der Waals surface area contributed by atoms with Gasteiger partial charge in [-0.3, -0.25) is 19.3 Å². The molecule has 1 aromatic heterocycles. The van der Waals surface area contributed by atoms with Crippen molar-refractivity contribution in [3.63, 3.8) is 0 Å². The summed E-state index contributed by atoms with van der Waals surface area (Å²) in [6.45, 7) is 4.49. The zero-order chi connectivity index (χ0) is 26.5. The molecule has 196 valence electrons. The van der Waals surface area contributed by atoms with E-state index in [1.165, 1.54) is 11.0 Å². The average Bonchev–Trinajstić information content (AvgIpc) is 2.94. The Morgan fingerprint density at radius 1 is 0.711 bits per heavy atom. The zero-order valence-electron chi connectivity index (χ0n) is 21.3. The highest BCUT2D eigenvalue weighted by Crippen LogP contribution is 2.36. The summed E-state index contributed by atoms with van der Waals surface area (Å²) < 4.78 is 6.06. The molecule has 0 saturated carbocycles. The first kappa shape index (κ1) is 25.8. The first-order valence-corrected chi connectivity index (χ1v) is 13.2. The monoisotopic (exact) mass is 512 g/mol. The maximum absolute atomic E-state index is 13.4. The summed E-state index contributed by atoms with van der Waals surface area (Å²) in [5.41, 5.74) is 7.48. The van der Waals surface area contributed by atoms with Gasteiger partial charge in [0.2, 0.25) is 0 Å². The lowest BCUT2D eigenvalue weighted by Gasteiger charge is -2.27. The number of imide groups is 1. The number of benzene rings is 3. The predicted molar refractivity (Wildman–Crippen MR) is 149 cm³/mol. The van der Waals surface area contributed by atoms with Crippen LogP contribution in [0.2, 0.25) is 0 Å². The van der Waals surface area contributed by atoms with Crippen molar-refractivity contribution in [2.24, 2.45) is 5.73 Å². The van der Waals surface area contributed by atoms with E-state index in [2.05, 4.69) is 10.6 Å². The van der Waals surface area contributed by atoms with Crippen molar-refractivity contribution in [2.75, 3.05) is 39.3 Å². The molecule has 8 nitrogen and oxygen atoms in total. The lowest BCUT2D eigenvalue weighted by atomic mass is 9.90. The number of hydrogen-bond donors (Lipinski definition) is 3. The number of carbonyl (C=O) groups is 2. The fourth-order valence-corrected chi connectivity index (χ4v) is 4.98. The quantitative estimate of drug-likeness (QED) is 0.196. The van der Waals surface area contributed by atoms with Gasteiger partial charge in [0.15, 0.2) is 5.43 Å². The Hall–Kier alpha value is -3.85. The third-order valence-corrected chi connectivity index (χ3v) is 6.89. The standard InChI is InChI=1S/C30H32N4O4/c31-13-4-14-32-15-5-16-33-17-6-18-34-29(36)23-9-3-8-21-20(11-12-24(28(21)23)30(34)37)27-19-25(35)22-7-1-2-10-26(22)38-27/h1-3,7-12,19,32-33H,4-6,13-18,31H2. The number of nitrogens with two attached hydrogens (primary N) is 1. The smallest absolute Gasteiger partial charge is 0.261 e. The molecule has 0 aliphatic carbocycles. The molecule has 8 heteroatoms. The lowest BCUT2D eigenvalue weighted by Crippen LogP contribution is -2.41. The molecule has 3 aromatic carbocycles. The molecule has 5 rings (SSSR count). The van der Waals surface area contributed by atoms with E-state index in [0.29, 0.717) is 63.7 Å². The second kappa shape index (κ2) is 11.7. The molecular formula is C30H32N4O4. The van der Waals surface area contributed by atoms with Gasteiger partial charge in [-0.15, -0.1) is 0 Å². The van der Waals surface area contributed by atoms with E-state index >= 15 is 0 Å². The lowest BCUT2D eigenvalue weighted by molar-refractivity contribution is 0.0609. The summed E-state index contributed by atoms with van der Waals surface area (Å²) in [6, 6.07) is 17.5. The Bertz CT molecular complexity index is 1520. The van der Waals surface area contributed by atoms with Gasteiger partial charge in [-0.1, -0.05) is 24.3 Å². The maximum atomic E-state index is 13.4. The number of fused-ring (bicyclic) bond motifs is 1. The van der Waals surface area contributed by atoms with Crippen molar-refractivity contribution in [2.45, 2.75) is 19.3 Å². The fraction of sp³-hybridized carbons (Fsp3) is 0.300. The first-order chi connectivity index (χ1) is 18.6. The van der Waals surface area contributed by atoms with E-state index in [0.717, 1.165) is 39.0 Å². The third-order valence-electron chi connectivity index (χ3n) is 6.89. The van der Waals surface area contributed by atoms with Gasteiger partial charge in [0.1, 0.15) is 11.3 Å². The number of nitrogens with zero attached hydrogens (tertiary/aromatic N) is 1. The van der Waals surface area contributed by atoms with Crippen LogP contribution in [0.3, 0.4) is 0 Å². The van der Waals surface area contributed by atoms with E-state index in [4.69, 9.17) is 10.2 Å². The van der Waals surface area contributed by atoms with Gasteiger partial charge in [-0.2, -0.15) is 0 Å². The van der Waals surface area contributed by atoms with Crippen LogP contribution in [-0.4, -0.2) is 56.0 Å². The number of carbonyl (C=O) groups excluding carboxylic acids is 2. The van der Waals surface area contributed by atoms with Gasteiger partial charge in [0, 0.05) is 34.7 Å². The van der Waals surface area contributed by atoms with Crippen LogP contribution in [-0.2, 0) is 0 Å². The van der Waals surface area contributed by atoms with E-state index in [1.54, 1.807) is 42.5 Å². The number of nitrogens with one attached hydrogen (secondary N) is 2. The van der Waals surface area contributed by atoms with Crippen molar-refractivity contribution in [3.05, 3.63) is 82.0 Å². The summed E-state index contributed by atoms with van der Waals surface area (Å²) >= 11 is 0. The maximum Gasteiger partial charge on any atom is 0.261 e. The third kappa shape index (κ3) is 5.11. The largest absolute Gasteiger partial charge is 0.456 e. The number of amides is 2. The number of para-hydroxylation sites is 1. The minimum Gasteiger partial charge on any atom is -0.456 e. The minimum atomic E-state index is -0.297. The molecule has 38 heavy (non-hydrogen) atoms. The van der Waals surface area contributed by atoms with E-state index in [-0.39, 0.29) is 17.2 Å². The van der Waals surface area contributed by atoms with Crippen LogP contribution in [0.25, 0.3) is 33.1 Å². The van der Waals surface area contributed by atoms with Crippen LogP contribution >= 0.6 is 0 Å². The zero-order valence-corrected chi connectivity index (χ0v) is 21.3. The molecule has 0 radical (unpaired) electrons. The van der Waals surface area contributed by atoms with Crippen LogP contribution in [0.15, 0.2) is 69.9 Å². The van der Waals surface area contributed by atoms with Gasteiger partial charge in [0.25, 0.3) is 11.8 Å². The second-order valence-corrected chi connectivity index (χ2v) is 9.47. The molecular weight excluding hydrogens is 480 g/mol. The topological polar surface area (TPSA) is 118 Å². The number of hydrogen-bond acceptors (Lipinski definition) is 7. The van der Waals surface area contributed by atoms with E-state index < -0.39 is 0 Å². The highest BCUT2D eigenvalue weighted by molar-refractivity contribution is 6.26. The molecule has 0 saturated heterocycles. The molecule has 0 bridgehead atoms. The molecule has 0 spiro atoms. The Kier molecular flexibility index (Phi) is 7.93. The van der Waals surface area contributed by atoms with Gasteiger partial charge < -0.3 is 20.8 Å². The predicted octanol–water partition coefficient (Wildman–Crippen LogP) is 3.52.